The fourth-order valence-electron chi connectivity index (χ4n) is 1.53. The van der Waals surface area contributed by atoms with Gasteiger partial charge in [-0.25, -0.2) is 0 Å². The molecule has 0 rings (SSSR count). The lowest BCUT2D eigenvalue weighted by Crippen LogP contribution is -2.40. The van der Waals surface area contributed by atoms with Gasteiger partial charge in [-0.05, 0) is 0 Å². The van der Waals surface area contributed by atoms with Gasteiger partial charge in [-0.15, -0.1) is 0 Å². The molecule has 0 saturated heterocycles. The van der Waals surface area contributed by atoms with Gasteiger partial charge in [0.25, 0.3) is 0 Å². The van der Waals surface area contributed by atoms with E-state index in [9.17, 15) is 5.11 Å². The highest BCUT2D eigenvalue weighted by atomic mass is 16.5. The van der Waals surface area contributed by atoms with Crippen LogP contribution in [0.2, 0.25) is 0 Å². The van der Waals surface area contributed by atoms with Crippen molar-refractivity contribution in [3.05, 3.63) is 0 Å². The van der Waals surface area contributed by atoms with E-state index in [4.69, 9.17) is 14.7 Å². The minimum atomic E-state index is -0.447. The van der Waals surface area contributed by atoms with Gasteiger partial charge in [-0.3, -0.25) is 4.90 Å². The molecule has 0 amide bonds. The zero-order chi connectivity index (χ0) is 13.6. The van der Waals surface area contributed by atoms with Crippen LogP contribution in [0.1, 0.15) is 6.42 Å². The Balaban J connectivity index is 3.78. The lowest BCUT2D eigenvalue weighted by molar-refractivity contribution is 0.0881. The van der Waals surface area contributed by atoms with E-state index in [0.29, 0.717) is 39.3 Å². The summed E-state index contributed by atoms with van der Waals surface area (Å²) < 4.78 is 9.91. The maximum absolute atomic E-state index is 9.85. The van der Waals surface area contributed by atoms with Crippen LogP contribution in [0, 0.1) is 11.3 Å². The molecule has 0 saturated carbocycles. The van der Waals surface area contributed by atoms with E-state index in [1.54, 1.807) is 14.2 Å². The van der Waals surface area contributed by atoms with E-state index in [0.717, 1.165) is 13.1 Å². The third-order valence-electron chi connectivity index (χ3n) is 2.48. The molecule has 0 spiro atoms. The standard InChI is InChI=1S/C12H25N3O3/c1-17-8-5-14-10-12(16)11-15(6-3-4-13)7-9-18-2/h12,14,16H,3,5-11H2,1-2H3. The summed E-state index contributed by atoms with van der Waals surface area (Å²) in [6, 6.07) is 2.11. The molecule has 0 radical (unpaired) electrons. The third-order valence-corrected chi connectivity index (χ3v) is 2.48. The van der Waals surface area contributed by atoms with Crippen LogP contribution in [0.3, 0.4) is 0 Å². The van der Waals surface area contributed by atoms with Crippen LogP contribution >= 0.6 is 0 Å². The Bertz CT molecular complexity index is 221. The average molecular weight is 259 g/mol. The molecule has 0 aliphatic heterocycles. The predicted molar refractivity (Wildman–Crippen MR) is 69.3 cm³/mol. The first-order valence-corrected chi connectivity index (χ1v) is 6.20. The van der Waals surface area contributed by atoms with Crippen molar-refractivity contribution in [3.63, 3.8) is 0 Å². The number of nitrogens with one attached hydrogen (secondary N) is 1. The SMILES string of the molecule is COCCNCC(O)CN(CCC#N)CCOC. The summed E-state index contributed by atoms with van der Waals surface area (Å²) in [6.45, 7) is 4.43. The van der Waals surface area contributed by atoms with Crippen molar-refractivity contribution in [2.24, 2.45) is 0 Å². The van der Waals surface area contributed by atoms with Crippen molar-refractivity contribution >= 4 is 0 Å². The van der Waals surface area contributed by atoms with Gasteiger partial charge in [0.1, 0.15) is 0 Å². The minimum Gasteiger partial charge on any atom is -0.390 e. The van der Waals surface area contributed by atoms with Gasteiger partial charge in [0.2, 0.25) is 0 Å². The van der Waals surface area contributed by atoms with Crippen LogP contribution in [0.15, 0.2) is 0 Å². The normalized spacial score (nSPS) is 12.6. The van der Waals surface area contributed by atoms with Crippen molar-refractivity contribution in [1.29, 1.82) is 5.26 Å². The largest absolute Gasteiger partial charge is 0.390 e. The van der Waals surface area contributed by atoms with E-state index in [-0.39, 0.29) is 0 Å². The predicted octanol–water partition coefficient (Wildman–Crippen LogP) is -0.555. The second-order valence-electron chi connectivity index (χ2n) is 4.05. The lowest BCUT2D eigenvalue weighted by atomic mass is 10.3. The highest BCUT2D eigenvalue weighted by Gasteiger charge is 2.11. The quantitative estimate of drug-likeness (QED) is 0.458. The third kappa shape index (κ3) is 10.4. The summed E-state index contributed by atoms with van der Waals surface area (Å²) in [4.78, 5) is 2.04. The Kier molecular flexibility index (Phi) is 12.2. The zero-order valence-electron chi connectivity index (χ0n) is 11.4. The number of hydrogen-bond acceptors (Lipinski definition) is 6. The van der Waals surface area contributed by atoms with Gasteiger partial charge >= 0.3 is 0 Å². The van der Waals surface area contributed by atoms with Crippen molar-refractivity contribution in [1.82, 2.24) is 10.2 Å². The van der Waals surface area contributed by atoms with Crippen LogP contribution in [-0.4, -0.2) is 76.3 Å². The number of nitrogens with zero attached hydrogens (tertiary/aromatic N) is 2. The van der Waals surface area contributed by atoms with Crippen LogP contribution < -0.4 is 5.32 Å². The van der Waals surface area contributed by atoms with Crippen molar-refractivity contribution < 1.29 is 14.6 Å². The maximum Gasteiger partial charge on any atom is 0.0791 e. The molecule has 0 aliphatic rings. The van der Waals surface area contributed by atoms with Crippen LogP contribution in [-0.2, 0) is 9.47 Å². The Labute approximate surface area is 109 Å². The molecule has 0 aliphatic carbocycles. The van der Waals surface area contributed by atoms with Crippen LogP contribution in [0.25, 0.3) is 0 Å². The molecule has 6 heteroatoms. The van der Waals surface area contributed by atoms with Crippen molar-refractivity contribution in [2.75, 3.05) is 60.2 Å². The molecule has 0 aromatic rings. The molecule has 0 bridgehead atoms. The van der Waals surface area contributed by atoms with E-state index in [1.165, 1.54) is 0 Å². The first-order chi connectivity index (χ1) is 8.74. The average Bonchev–Trinajstić information content (AvgIpc) is 2.38. The van der Waals surface area contributed by atoms with E-state index in [2.05, 4.69) is 11.4 Å². The molecule has 0 aromatic carbocycles. The molecule has 18 heavy (non-hydrogen) atoms. The minimum absolute atomic E-state index is 0.447. The molecular formula is C12H25N3O3. The fraction of sp³-hybridized carbons (Fsp3) is 0.917. The van der Waals surface area contributed by atoms with Gasteiger partial charge in [-0.2, -0.15) is 5.26 Å². The van der Waals surface area contributed by atoms with E-state index < -0.39 is 6.10 Å². The summed E-state index contributed by atoms with van der Waals surface area (Å²) in [5.74, 6) is 0. The summed E-state index contributed by atoms with van der Waals surface area (Å²) in [7, 11) is 3.29. The molecule has 2 N–H and O–H groups in total. The highest BCUT2D eigenvalue weighted by Crippen LogP contribution is 1.95. The maximum atomic E-state index is 9.85. The molecule has 1 unspecified atom stereocenters. The Morgan fingerprint density at radius 2 is 2.00 bits per heavy atom. The molecule has 1 atom stereocenters. The molecule has 0 aromatic heterocycles. The monoisotopic (exact) mass is 259 g/mol. The topological polar surface area (TPSA) is 77.8 Å². The van der Waals surface area contributed by atoms with E-state index >= 15 is 0 Å². The van der Waals surface area contributed by atoms with Crippen LogP contribution in [0.5, 0.6) is 0 Å². The summed E-state index contributed by atoms with van der Waals surface area (Å²) in [6.07, 6.45) is 0.0190. The number of hydrogen-bond donors (Lipinski definition) is 2. The van der Waals surface area contributed by atoms with Gasteiger partial charge in [-0.1, -0.05) is 0 Å². The highest BCUT2D eigenvalue weighted by molar-refractivity contribution is 4.74. The molecular weight excluding hydrogens is 234 g/mol. The number of aliphatic hydroxyl groups is 1. The number of methoxy groups -OCH3 is 2. The molecule has 106 valence electrons. The van der Waals surface area contributed by atoms with E-state index in [1.807, 2.05) is 4.90 Å². The van der Waals surface area contributed by atoms with Crippen molar-refractivity contribution in [2.45, 2.75) is 12.5 Å². The van der Waals surface area contributed by atoms with Gasteiger partial charge in [0.05, 0.1) is 25.4 Å². The second-order valence-corrected chi connectivity index (χ2v) is 4.05. The fourth-order valence-corrected chi connectivity index (χ4v) is 1.53. The zero-order valence-corrected chi connectivity index (χ0v) is 11.4. The van der Waals surface area contributed by atoms with Crippen LogP contribution in [0.4, 0.5) is 0 Å². The Morgan fingerprint density at radius 1 is 1.28 bits per heavy atom. The second kappa shape index (κ2) is 12.7. The van der Waals surface area contributed by atoms with Crippen molar-refractivity contribution in [3.8, 4) is 6.07 Å². The van der Waals surface area contributed by atoms with Gasteiger partial charge in [0.15, 0.2) is 0 Å². The van der Waals surface area contributed by atoms with Gasteiger partial charge in [0, 0.05) is 53.4 Å². The first kappa shape index (κ1) is 17.3. The molecule has 6 nitrogen and oxygen atoms in total. The molecule has 0 heterocycles. The Morgan fingerprint density at radius 3 is 2.61 bits per heavy atom. The lowest BCUT2D eigenvalue weighted by Gasteiger charge is -2.24. The summed E-state index contributed by atoms with van der Waals surface area (Å²) in [5, 5.41) is 21.5. The molecule has 0 fully saturated rings. The number of rotatable bonds is 12. The number of aliphatic hydroxyl groups excluding tert-OH is 1. The number of ether oxygens (including phenoxy) is 2. The van der Waals surface area contributed by atoms with Gasteiger partial charge < -0.3 is 19.9 Å². The smallest absolute Gasteiger partial charge is 0.0791 e. The number of nitriles is 1. The first-order valence-electron chi connectivity index (χ1n) is 6.20. The summed E-state index contributed by atoms with van der Waals surface area (Å²) in [5.41, 5.74) is 0. The summed E-state index contributed by atoms with van der Waals surface area (Å²) >= 11 is 0. The Hall–Kier alpha value is -0.710.